The summed E-state index contributed by atoms with van der Waals surface area (Å²) in [6.07, 6.45) is 0. The Kier molecular flexibility index (Phi) is 5.23. The molecular weight excluding hydrogens is 375 g/mol. The first kappa shape index (κ1) is 18.6. The van der Waals surface area contributed by atoms with Crippen LogP contribution in [0.4, 0.5) is 10.1 Å². The zero-order valence-electron chi connectivity index (χ0n) is 14.2. The van der Waals surface area contributed by atoms with Gasteiger partial charge in [0.25, 0.3) is 11.6 Å². The lowest BCUT2D eigenvalue weighted by Crippen LogP contribution is -2.26. The smallest absolute Gasteiger partial charge is 0.289 e. The first-order chi connectivity index (χ1) is 12.9. The lowest BCUT2D eigenvalue weighted by molar-refractivity contribution is -0.384. The van der Waals surface area contributed by atoms with Gasteiger partial charge >= 0.3 is 0 Å². The van der Waals surface area contributed by atoms with Gasteiger partial charge < -0.3 is 9.32 Å². The largest absolute Gasteiger partial charge is 0.451 e. The number of halogens is 2. The maximum absolute atomic E-state index is 13.8. The van der Waals surface area contributed by atoms with Crippen LogP contribution < -0.4 is 0 Å². The molecule has 1 amide bonds. The highest BCUT2D eigenvalue weighted by molar-refractivity contribution is 6.33. The van der Waals surface area contributed by atoms with E-state index in [4.69, 9.17) is 16.0 Å². The van der Waals surface area contributed by atoms with Crippen LogP contribution in [0.5, 0.6) is 0 Å². The second kappa shape index (κ2) is 7.59. The van der Waals surface area contributed by atoms with Crippen LogP contribution in [0.15, 0.2) is 59.0 Å². The molecule has 0 N–H and O–H groups in total. The molecule has 0 bridgehead atoms. The molecule has 0 aliphatic heterocycles. The molecule has 0 saturated carbocycles. The van der Waals surface area contributed by atoms with E-state index in [0.29, 0.717) is 16.9 Å². The number of rotatable bonds is 5. The Morgan fingerprint density at radius 1 is 1.22 bits per heavy atom. The number of hydrogen-bond acceptors (Lipinski definition) is 4. The summed E-state index contributed by atoms with van der Waals surface area (Å²) in [4.78, 5) is 24.1. The van der Waals surface area contributed by atoms with Gasteiger partial charge in [-0.05, 0) is 24.3 Å². The van der Waals surface area contributed by atoms with E-state index in [1.807, 2.05) is 0 Å². The highest BCUT2D eigenvalue weighted by Gasteiger charge is 2.19. The number of nitro benzene ring substituents is 1. The molecule has 6 nitrogen and oxygen atoms in total. The molecule has 8 heteroatoms. The molecule has 0 fully saturated rings. The van der Waals surface area contributed by atoms with Crippen LogP contribution in [-0.2, 0) is 6.54 Å². The van der Waals surface area contributed by atoms with Crippen molar-refractivity contribution in [1.82, 2.24) is 4.90 Å². The average molecular weight is 389 g/mol. The number of amides is 1. The van der Waals surface area contributed by atoms with Crippen LogP contribution in [0.1, 0.15) is 16.1 Å². The van der Waals surface area contributed by atoms with E-state index in [0.717, 1.165) is 0 Å². The zero-order valence-corrected chi connectivity index (χ0v) is 14.9. The monoisotopic (exact) mass is 388 g/mol. The summed E-state index contributed by atoms with van der Waals surface area (Å²) in [5.41, 5.74) is 0.674. The van der Waals surface area contributed by atoms with Crippen LogP contribution in [0.2, 0.25) is 5.02 Å². The van der Waals surface area contributed by atoms with Crippen molar-refractivity contribution in [3.8, 4) is 11.3 Å². The summed E-state index contributed by atoms with van der Waals surface area (Å²) in [5.74, 6) is -0.465. The Morgan fingerprint density at radius 2 is 1.96 bits per heavy atom. The number of hydrogen-bond donors (Lipinski definition) is 0. The van der Waals surface area contributed by atoms with Crippen LogP contribution in [0.3, 0.4) is 0 Å². The summed E-state index contributed by atoms with van der Waals surface area (Å²) in [6.45, 7) is 0.0832. The number of nitro groups is 1. The van der Waals surface area contributed by atoms with Crippen molar-refractivity contribution in [3.63, 3.8) is 0 Å². The van der Waals surface area contributed by atoms with Crippen LogP contribution in [-0.4, -0.2) is 22.8 Å². The maximum Gasteiger partial charge on any atom is 0.289 e. The molecule has 0 saturated heterocycles. The molecule has 0 atom stereocenters. The number of carbonyl (C=O) groups excluding carboxylic acids is 1. The molecule has 0 aliphatic carbocycles. The van der Waals surface area contributed by atoms with Gasteiger partial charge in [0.05, 0.1) is 9.95 Å². The Hall–Kier alpha value is -3.19. The average Bonchev–Trinajstić information content (AvgIpc) is 3.12. The number of benzene rings is 2. The fourth-order valence-electron chi connectivity index (χ4n) is 2.56. The van der Waals surface area contributed by atoms with Gasteiger partial charge in [-0.15, -0.1) is 0 Å². The van der Waals surface area contributed by atoms with Crippen molar-refractivity contribution >= 4 is 23.2 Å². The molecule has 0 aliphatic rings. The number of carbonyl (C=O) groups is 1. The van der Waals surface area contributed by atoms with Gasteiger partial charge in [0.1, 0.15) is 11.6 Å². The predicted molar refractivity (Wildman–Crippen MR) is 98.0 cm³/mol. The summed E-state index contributed by atoms with van der Waals surface area (Å²) in [5, 5.41) is 10.9. The van der Waals surface area contributed by atoms with Crippen molar-refractivity contribution in [3.05, 3.63) is 86.9 Å². The third-order valence-electron chi connectivity index (χ3n) is 3.96. The lowest BCUT2D eigenvalue weighted by atomic mass is 10.1. The third-order valence-corrected chi connectivity index (χ3v) is 4.27. The molecule has 3 aromatic rings. The van der Waals surface area contributed by atoms with Crippen molar-refractivity contribution in [2.24, 2.45) is 0 Å². The highest BCUT2D eigenvalue weighted by Crippen LogP contribution is 2.32. The normalized spacial score (nSPS) is 10.6. The highest BCUT2D eigenvalue weighted by atomic mass is 35.5. The molecule has 2 aromatic carbocycles. The van der Waals surface area contributed by atoms with E-state index in [-0.39, 0.29) is 23.0 Å². The minimum absolute atomic E-state index is 0.0539. The van der Waals surface area contributed by atoms with E-state index in [1.165, 1.54) is 42.3 Å². The van der Waals surface area contributed by atoms with Gasteiger partial charge in [-0.25, -0.2) is 4.39 Å². The van der Waals surface area contributed by atoms with Gasteiger partial charge in [-0.3, -0.25) is 14.9 Å². The SMILES string of the molecule is CN(Cc1ccccc1F)C(=O)c1ccc(-c2ccc([N+](=O)[O-])cc2Cl)o1. The first-order valence-corrected chi connectivity index (χ1v) is 8.27. The van der Waals surface area contributed by atoms with E-state index < -0.39 is 16.6 Å². The molecular formula is C19H14ClFN2O4. The second-order valence-corrected chi connectivity index (χ2v) is 6.24. The molecule has 0 spiro atoms. The van der Waals surface area contributed by atoms with E-state index in [1.54, 1.807) is 24.3 Å². The Labute approximate surface area is 158 Å². The van der Waals surface area contributed by atoms with Crippen molar-refractivity contribution in [2.45, 2.75) is 6.54 Å². The van der Waals surface area contributed by atoms with Gasteiger partial charge in [0.15, 0.2) is 5.76 Å². The summed E-state index contributed by atoms with van der Waals surface area (Å²) in [7, 11) is 1.54. The van der Waals surface area contributed by atoms with E-state index >= 15 is 0 Å². The van der Waals surface area contributed by atoms with E-state index in [2.05, 4.69) is 0 Å². The van der Waals surface area contributed by atoms with Gasteiger partial charge in [-0.1, -0.05) is 29.8 Å². The fraction of sp³-hybridized carbons (Fsp3) is 0.105. The third kappa shape index (κ3) is 3.98. The topological polar surface area (TPSA) is 76.6 Å². The summed E-state index contributed by atoms with van der Waals surface area (Å²) < 4.78 is 19.3. The minimum Gasteiger partial charge on any atom is -0.451 e. The molecule has 0 unspecified atom stereocenters. The maximum atomic E-state index is 13.8. The van der Waals surface area contributed by atoms with Crippen LogP contribution in [0, 0.1) is 15.9 Å². The summed E-state index contributed by atoms with van der Waals surface area (Å²) in [6, 6.07) is 13.2. The standard InChI is InChI=1S/C19H14ClFN2O4/c1-22(11-12-4-2-3-5-16(12)21)19(24)18-9-8-17(27-18)14-7-6-13(23(25)26)10-15(14)20/h2-10H,11H2,1H3. The van der Waals surface area contributed by atoms with Crippen molar-refractivity contribution in [2.75, 3.05) is 7.05 Å². The number of nitrogens with zero attached hydrogens (tertiary/aromatic N) is 2. The lowest BCUT2D eigenvalue weighted by Gasteiger charge is -2.16. The Balaban J connectivity index is 1.80. The van der Waals surface area contributed by atoms with Crippen LogP contribution in [0.25, 0.3) is 11.3 Å². The minimum atomic E-state index is -0.551. The molecule has 27 heavy (non-hydrogen) atoms. The zero-order chi connectivity index (χ0) is 19.6. The second-order valence-electron chi connectivity index (χ2n) is 5.84. The molecule has 1 aromatic heterocycles. The summed E-state index contributed by atoms with van der Waals surface area (Å²) >= 11 is 6.08. The van der Waals surface area contributed by atoms with E-state index in [9.17, 15) is 19.3 Å². The van der Waals surface area contributed by atoms with Gasteiger partial charge in [-0.2, -0.15) is 0 Å². The van der Waals surface area contributed by atoms with Gasteiger partial charge in [0, 0.05) is 36.9 Å². The van der Waals surface area contributed by atoms with Crippen LogP contribution >= 0.6 is 11.6 Å². The van der Waals surface area contributed by atoms with Gasteiger partial charge in [0.2, 0.25) is 0 Å². The number of non-ortho nitro benzene ring substituents is 1. The quantitative estimate of drug-likeness (QED) is 0.459. The Bertz CT molecular complexity index is 1020. The predicted octanol–water partition coefficient (Wildman–Crippen LogP) is 4.92. The molecule has 1 heterocycles. The fourth-order valence-corrected chi connectivity index (χ4v) is 2.82. The van der Waals surface area contributed by atoms with Crippen molar-refractivity contribution < 1.29 is 18.5 Å². The Morgan fingerprint density at radius 3 is 2.63 bits per heavy atom. The molecule has 3 rings (SSSR count). The first-order valence-electron chi connectivity index (χ1n) is 7.90. The van der Waals surface area contributed by atoms with Crippen molar-refractivity contribution in [1.29, 1.82) is 0 Å². The number of furan rings is 1. The molecule has 0 radical (unpaired) electrons. The molecule has 138 valence electrons.